The van der Waals surface area contributed by atoms with Crippen LogP contribution in [0.1, 0.15) is 52.7 Å². The molecular weight excluding hydrogens is 892 g/mol. The number of benzene rings is 10. The molecule has 6 nitrogen and oxygen atoms in total. The first-order chi connectivity index (χ1) is 35.5. The summed E-state index contributed by atoms with van der Waals surface area (Å²) in [7, 11) is 0. The first-order valence-electron chi connectivity index (χ1n) is 25.5. The molecule has 4 aliphatic rings. The lowest BCUT2D eigenvalue weighted by molar-refractivity contribution is 0.477. The summed E-state index contributed by atoms with van der Waals surface area (Å²) in [6.07, 6.45) is 0. The smallest absolute Gasteiger partial charge is 0.333 e. The summed E-state index contributed by atoms with van der Waals surface area (Å²) in [5, 5.41) is 5.02. The van der Waals surface area contributed by atoms with E-state index < -0.39 is 0 Å². The molecule has 10 aromatic carbocycles. The number of hydrogen-bond acceptors (Lipinski definition) is 5. The zero-order valence-corrected chi connectivity index (χ0v) is 41.7. The summed E-state index contributed by atoms with van der Waals surface area (Å²) in [5.74, 6) is 3.19. The Bertz CT molecular complexity index is 4150. The van der Waals surface area contributed by atoms with Crippen molar-refractivity contribution in [2.75, 3.05) is 14.7 Å². The van der Waals surface area contributed by atoms with Crippen LogP contribution >= 0.6 is 0 Å². The molecule has 0 unspecified atom stereocenters. The van der Waals surface area contributed by atoms with Crippen LogP contribution in [0.15, 0.2) is 200 Å². The van der Waals surface area contributed by atoms with E-state index in [0.29, 0.717) is 0 Å². The molecule has 73 heavy (non-hydrogen) atoms. The maximum absolute atomic E-state index is 7.09. The van der Waals surface area contributed by atoms with Gasteiger partial charge in [-0.25, -0.2) is 0 Å². The third-order valence-corrected chi connectivity index (χ3v) is 15.7. The van der Waals surface area contributed by atoms with Gasteiger partial charge in [-0.05, 0) is 146 Å². The lowest BCUT2D eigenvalue weighted by atomic mass is 9.44. The highest BCUT2D eigenvalue weighted by Crippen LogP contribution is 2.57. The van der Waals surface area contributed by atoms with E-state index in [1.165, 1.54) is 65.8 Å². The molecular formula is C66H51BN4O2. The molecule has 0 atom stereocenters. The van der Waals surface area contributed by atoms with Crippen molar-refractivity contribution in [3.63, 3.8) is 0 Å². The Hall–Kier alpha value is -8.68. The van der Waals surface area contributed by atoms with Crippen molar-refractivity contribution in [3.8, 4) is 34.1 Å². The number of fused-ring (bicyclic) bond motifs is 13. The average Bonchev–Trinajstić information content (AvgIpc) is 3.75. The molecule has 7 heteroatoms. The Kier molecular flexibility index (Phi) is 8.60. The zero-order chi connectivity index (χ0) is 49.1. The molecule has 5 heterocycles. The Balaban J connectivity index is 1.07. The Morgan fingerprint density at radius 1 is 0.384 bits per heavy atom. The standard InChI is InChI=1S/C66H51BN4O2/c1-65(2,3)41-29-31-51-47(34-41)48-35-42(66(4,5)6)36-49-62-46-24-14-13-19-40(46)33-57-63(62)67(71(51)64(48)49)50-38-56-61(73-59-28-18-16-26-53(59)69(56)44-22-11-8-12-23-44)39-55(50)70(57)45-30-32-54-60(37-45)72-58-27-17-15-25-52(58)68(54)43-20-9-7-10-21-43/h7-39H,1-6H3. The predicted octanol–water partition coefficient (Wildman–Crippen LogP) is 17.1. The number of hydrogen-bond donors (Lipinski definition) is 0. The van der Waals surface area contributed by atoms with Crippen molar-refractivity contribution in [1.82, 2.24) is 4.48 Å². The van der Waals surface area contributed by atoms with Gasteiger partial charge in [-0.15, -0.1) is 0 Å². The molecule has 1 aromatic heterocycles. The number of aromatic nitrogens is 1. The first kappa shape index (κ1) is 42.0. The molecule has 0 N–H and O–H groups in total. The van der Waals surface area contributed by atoms with E-state index in [2.05, 4.69) is 255 Å². The Morgan fingerprint density at radius 2 is 0.959 bits per heavy atom. The molecule has 350 valence electrons. The van der Waals surface area contributed by atoms with E-state index in [9.17, 15) is 0 Å². The van der Waals surface area contributed by atoms with Crippen LogP contribution in [0, 0.1) is 0 Å². The largest absolute Gasteiger partial charge is 0.453 e. The highest BCUT2D eigenvalue weighted by Gasteiger charge is 2.46. The maximum Gasteiger partial charge on any atom is 0.333 e. The summed E-state index contributed by atoms with van der Waals surface area (Å²) < 4.78 is 16.8. The van der Waals surface area contributed by atoms with Crippen LogP contribution in [0.2, 0.25) is 0 Å². The minimum atomic E-state index is -0.205. The third-order valence-electron chi connectivity index (χ3n) is 15.7. The van der Waals surface area contributed by atoms with E-state index in [1.807, 2.05) is 6.07 Å². The normalized spacial score (nSPS) is 14.0. The lowest BCUT2D eigenvalue weighted by Gasteiger charge is -2.43. The van der Waals surface area contributed by atoms with E-state index in [4.69, 9.17) is 9.47 Å². The molecule has 0 saturated carbocycles. The van der Waals surface area contributed by atoms with Gasteiger partial charge in [0.15, 0.2) is 23.0 Å². The van der Waals surface area contributed by atoms with Crippen molar-refractivity contribution < 1.29 is 9.47 Å². The van der Waals surface area contributed by atoms with Crippen molar-refractivity contribution in [1.29, 1.82) is 0 Å². The van der Waals surface area contributed by atoms with E-state index in [0.717, 1.165) is 74.2 Å². The molecule has 11 aromatic rings. The van der Waals surface area contributed by atoms with Gasteiger partial charge >= 0.3 is 6.85 Å². The minimum absolute atomic E-state index is 0.0351. The Labute approximate surface area is 426 Å². The molecule has 4 aliphatic heterocycles. The summed E-state index contributed by atoms with van der Waals surface area (Å²) in [6, 6.07) is 73.2. The molecule has 15 rings (SSSR count). The van der Waals surface area contributed by atoms with Gasteiger partial charge in [0.1, 0.15) is 0 Å². The van der Waals surface area contributed by atoms with Crippen molar-refractivity contribution in [2.24, 2.45) is 0 Å². The Morgan fingerprint density at radius 3 is 1.64 bits per heavy atom. The average molecular weight is 943 g/mol. The third kappa shape index (κ3) is 6.05. The number of nitrogens with zero attached hydrogens (tertiary/aromatic N) is 4. The SMILES string of the molecule is CC(C)(C)c1ccc2c(c1)c1cc(C(C)(C)C)cc3c1n2B1c2cc4c(cc2N(c2ccc5c(c2)Oc2ccccc2N5c2ccccc2)c2cc5ccccc5c-3c21)Oc1ccccc1N4c1ccccc1. The van der Waals surface area contributed by atoms with Crippen LogP contribution < -0.4 is 35.1 Å². The highest BCUT2D eigenvalue weighted by atomic mass is 16.5. The van der Waals surface area contributed by atoms with E-state index >= 15 is 0 Å². The van der Waals surface area contributed by atoms with Crippen molar-refractivity contribution in [2.45, 2.75) is 52.4 Å². The van der Waals surface area contributed by atoms with Crippen LogP contribution in [0.5, 0.6) is 23.0 Å². The molecule has 0 amide bonds. The van der Waals surface area contributed by atoms with Crippen LogP contribution in [-0.2, 0) is 10.8 Å². The summed E-state index contributed by atoms with van der Waals surface area (Å²) in [4.78, 5) is 7.18. The van der Waals surface area contributed by atoms with Gasteiger partial charge in [0.2, 0.25) is 0 Å². The molecule has 0 saturated heterocycles. The molecule has 0 bridgehead atoms. The second kappa shape index (κ2) is 14.9. The van der Waals surface area contributed by atoms with Gasteiger partial charge in [0.05, 0.1) is 22.7 Å². The van der Waals surface area contributed by atoms with Crippen LogP contribution in [0.4, 0.5) is 51.2 Å². The van der Waals surface area contributed by atoms with Gasteiger partial charge in [-0.2, -0.15) is 0 Å². The molecule has 0 aliphatic carbocycles. The topological polar surface area (TPSA) is 33.1 Å². The molecule has 0 radical (unpaired) electrons. The molecule has 0 fully saturated rings. The summed E-state index contributed by atoms with van der Waals surface area (Å²) in [5.41, 5.74) is 19.3. The fourth-order valence-corrected chi connectivity index (χ4v) is 12.3. The van der Waals surface area contributed by atoms with Crippen molar-refractivity contribution in [3.05, 3.63) is 211 Å². The van der Waals surface area contributed by atoms with Crippen molar-refractivity contribution >= 4 is 102 Å². The monoisotopic (exact) mass is 942 g/mol. The van der Waals surface area contributed by atoms with E-state index in [1.54, 1.807) is 0 Å². The minimum Gasteiger partial charge on any atom is -0.453 e. The maximum atomic E-state index is 7.09. The second-order valence-corrected chi connectivity index (χ2v) is 22.2. The fraction of sp³-hybridized carbons (Fsp3) is 0.121. The van der Waals surface area contributed by atoms with E-state index in [-0.39, 0.29) is 17.7 Å². The van der Waals surface area contributed by atoms with Gasteiger partial charge in [0, 0.05) is 67.9 Å². The van der Waals surface area contributed by atoms with Crippen LogP contribution in [0.25, 0.3) is 43.7 Å². The zero-order valence-electron chi connectivity index (χ0n) is 41.7. The van der Waals surface area contributed by atoms with Gasteiger partial charge in [-0.3, -0.25) is 0 Å². The van der Waals surface area contributed by atoms with Gasteiger partial charge in [0.25, 0.3) is 0 Å². The number of ether oxygens (including phenoxy) is 2. The predicted molar refractivity (Wildman–Crippen MR) is 304 cm³/mol. The fourth-order valence-electron chi connectivity index (χ4n) is 12.3. The molecule has 0 spiro atoms. The summed E-state index contributed by atoms with van der Waals surface area (Å²) in [6.45, 7) is 13.8. The van der Waals surface area contributed by atoms with Gasteiger partial charge in [-0.1, -0.05) is 133 Å². The quantitative estimate of drug-likeness (QED) is 0.165. The first-order valence-corrected chi connectivity index (χ1v) is 25.5. The lowest BCUT2D eigenvalue weighted by Crippen LogP contribution is -2.57. The van der Waals surface area contributed by atoms with Gasteiger partial charge < -0.3 is 28.7 Å². The van der Waals surface area contributed by atoms with Crippen LogP contribution in [-0.4, -0.2) is 11.3 Å². The number of rotatable bonds is 3. The summed E-state index contributed by atoms with van der Waals surface area (Å²) >= 11 is 0. The highest BCUT2D eigenvalue weighted by molar-refractivity contribution is 6.90. The second-order valence-electron chi connectivity index (χ2n) is 22.2. The van der Waals surface area contributed by atoms with Crippen LogP contribution in [0.3, 0.4) is 0 Å². The number of para-hydroxylation sites is 6. The number of anilines is 9.